The Morgan fingerprint density at radius 1 is 1.06 bits per heavy atom. The molecule has 1 atom stereocenters. The first-order valence-electron chi connectivity index (χ1n) is 5.79. The summed E-state index contributed by atoms with van der Waals surface area (Å²) >= 11 is 1.70. The van der Waals surface area contributed by atoms with E-state index in [-0.39, 0.29) is 0 Å². The van der Waals surface area contributed by atoms with Crippen molar-refractivity contribution in [1.29, 1.82) is 0 Å². The number of aliphatic hydroxyl groups is 1. The van der Waals surface area contributed by atoms with E-state index in [1.807, 2.05) is 54.8 Å². The third-order valence-corrected chi connectivity index (χ3v) is 3.40. The van der Waals surface area contributed by atoms with Crippen LogP contribution in [0.5, 0.6) is 11.5 Å². The molecule has 0 aliphatic heterocycles. The molecule has 0 bridgehead atoms. The van der Waals surface area contributed by atoms with Gasteiger partial charge in [-0.3, -0.25) is 0 Å². The van der Waals surface area contributed by atoms with E-state index >= 15 is 0 Å². The molecule has 0 aromatic heterocycles. The Morgan fingerprint density at radius 2 is 1.72 bits per heavy atom. The Labute approximate surface area is 112 Å². The van der Waals surface area contributed by atoms with Crippen molar-refractivity contribution in [2.45, 2.75) is 17.9 Å². The topological polar surface area (TPSA) is 29.5 Å². The quantitative estimate of drug-likeness (QED) is 0.833. The third kappa shape index (κ3) is 3.06. The van der Waals surface area contributed by atoms with E-state index in [1.54, 1.807) is 18.7 Å². The fraction of sp³-hybridized carbons (Fsp3) is 0.200. The predicted octanol–water partition coefficient (Wildman–Crippen LogP) is 4.25. The predicted molar refractivity (Wildman–Crippen MR) is 75.4 cm³/mol. The Balaban J connectivity index is 2.22. The average Bonchev–Trinajstić information content (AvgIpc) is 2.40. The van der Waals surface area contributed by atoms with Crippen LogP contribution in [0.4, 0.5) is 0 Å². The van der Waals surface area contributed by atoms with E-state index in [9.17, 15) is 5.11 Å². The summed E-state index contributed by atoms with van der Waals surface area (Å²) < 4.78 is 5.80. The van der Waals surface area contributed by atoms with Crippen molar-refractivity contribution in [2.75, 3.05) is 6.26 Å². The van der Waals surface area contributed by atoms with Gasteiger partial charge in [0.15, 0.2) is 0 Å². The highest BCUT2D eigenvalue weighted by atomic mass is 32.2. The van der Waals surface area contributed by atoms with Gasteiger partial charge in [-0.05, 0) is 43.5 Å². The van der Waals surface area contributed by atoms with Gasteiger partial charge in [-0.2, -0.15) is 0 Å². The number of aliphatic hydroxyl groups excluding tert-OH is 1. The molecule has 0 amide bonds. The maximum atomic E-state index is 9.68. The molecule has 2 aromatic carbocycles. The first kappa shape index (κ1) is 13.0. The van der Waals surface area contributed by atoms with Crippen LogP contribution in [0, 0.1) is 0 Å². The number of hydrogen-bond donors (Lipinski definition) is 1. The van der Waals surface area contributed by atoms with Crippen LogP contribution in [0.25, 0.3) is 0 Å². The summed E-state index contributed by atoms with van der Waals surface area (Å²) in [7, 11) is 0. The number of hydrogen-bond acceptors (Lipinski definition) is 3. The van der Waals surface area contributed by atoms with E-state index in [4.69, 9.17) is 4.74 Å². The van der Waals surface area contributed by atoms with Crippen LogP contribution in [0.1, 0.15) is 18.6 Å². The largest absolute Gasteiger partial charge is 0.457 e. The number of para-hydroxylation sites is 1. The summed E-state index contributed by atoms with van der Waals surface area (Å²) in [6.07, 6.45) is 1.50. The Bertz CT molecular complexity index is 506. The second-order valence-electron chi connectivity index (χ2n) is 3.99. The molecule has 0 heterocycles. The van der Waals surface area contributed by atoms with E-state index in [1.165, 1.54) is 4.90 Å². The van der Waals surface area contributed by atoms with E-state index in [0.29, 0.717) is 5.75 Å². The molecule has 2 rings (SSSR count). The highest BCUT2D eigenvalue weighted by Gasteiger charge is 2.08. The van der Waals surface area contributed by atoms with Gasteiger partial charge in [0, 0.05) is 10.5 Å². The first-order chi connectivity index (χ1) is 8.70. The van der Waals surface area contributed by atoms with Crippen LogP contribution in [0.2, 0.25) is 0 Å². The summed E-state index contributed by atoms with van der Waals surface area (Å²) in [6.45, 7) is 1.74. The second kappa shape index (κ2) is 5.94. The molecule has 0 aliphatic rings. The smallest absolute Gasteiger partial charge is 0.133 e. The molecule has 1 N–H and O–H groups in total. The van der Waals surface area contributed by atoms with Gasteiger partial charge in [-0.15, -0.1) is 11.8 Å². The Hall–Kier alpha value is -1.45. The van der Waals surface area contributed by atoms with Crippen LogP contribution in [0.15, 0.2) is 53.4 Å². The molecule has 2 aromatic rings. The summed E-state index contributed by atoms with van der Waals surface area (Å²) in [6, 6.07) is 15.4. The molecular weight excluding hydrogens is 244 g/mol. The molecule has 18 heavy (non-hydrogen) atoms. The minimum atomic E-state index is -0.535. The van der Waals surface area contributed by atoms with Crippen LogP contribution in [-0.2, 0) is 0 Å². The lowest BCUT2D eigenvalue weighted by Crippen LogP contribution is -1.95. The molecule has 0 aliphatic carbocycles. The van der Waals surface area contributed by atoms with Crippen molar-refractivity contribution >= 4 is 11.8 Å². The molecular formula is C15H16O2S. The van der Waals surface area contributed by atoms with Gasteiger partial charge in [-0.25, -0.2) is 0 Å². The SMILES string of the molecule is CSc1ccc(Oc2ccccc2[C@H](C)O)cc1. The van der Waals surface area contributed by atoms with Gasteiger partial charge >= 0.3 is 0 Å². The number of thioether (sulfide) groups is 1. The molecule has 0 saturated carbocycles. The molecule has 94 valence electrons. The van der Waals surface area contributed by atoms with Crippen molar-refractivity contribution in [2.24, 2.45) is 0 Å². The van der Waals surface area contributed by atoms with Gasteiger partial charge in [0.1, 0.15) is 11.5 Å². The number of ether oxygens (including phenoxy) is 1. The van der Waals surface area contributed by atoms with Crippen molar-refractivity contribution in [1.82, 2.24) is 0 Å². The molecule has 0 unspecified atom stereocenters. The van der Waals surface area contributed by atoms with Crippen molar-refractivity contribution < 1.29 is 9.84 Å². The zero-order chi connectivity index (χ0) is 13.0. The van der Waals surface area contributed by atoms with Crippen LogP contribution in [0.3, 0.4) is 0 Å². The zero-order valence-electron chi connectivity index (χ0n) is 10.5. The maximum Gasteiger partial charge on any atom is 0.133 e. The van der Waals surface area contributed by atoms with Gasteiger partial charge in [0.05, 0.1) is 6.10 Å². The normalized spacial score (nSPS) is 12.2. The molecule has 0 spiro atoms. The first-order valence-corrected chi connectivity index (χ1v) is 7.02. The second-order valence-corrected chi connectivity index (χ2v) is 4.87. The average molecular weight is 260 g/mol. The number of rotatable bonds is 4. The third-order valence-electron chi connectivity index (χ3n) is 2.66. The minimum absolute atomic E-state index is 0.535. The standard InChI is InChI=1S/C15H16O2S/c1-11(16)14-5-3-4-6-15(14)17-12-7-9-13(18-2)10-8-12/h3-11,16H,1-2H3/t11-/m0/s1. The van der Waals surface area contributed by atoms with Crippen molar-refractivity contribution in [3.05, 3.63) is 54.1 Å². The summed E-state index contributed by atoms with van der Waals surface area (Å²) in [5.74, 6) is 1.48. The van der Waals surface area contributed by atoms with Crippen LogP contribution in [-0.4, -0.2) is 11.4 Å². The Kier molecular flexibility index (Phi) is 4.28. The monoisotopic (exact) mass is 260 g/mol. The highest BCUT2D eigenvalue weighted by Crippen LogP contribution is 2.30. The van der Waals surface area contributed by atoms with Gasteiger partial charge < -0.3 is 9.84 Å². The van der Waals surface area contributed by atoms with Crippen LogP contribution < -0.4 is 4.74 Å². The van der Waals surface area contributed by atoms with Gasteiger partial charge in [0.2, 0.25) is 0 Å². The Morgan fingerprint density at radius 3 is 2.33 bits per heavy atom. The van der Waals surface area contributed by atoms with Crippen molar-refractivity contribution in [3.63, 3.8) is 0 Å². The number of benzene rings is 2. The summed E-state index contributed by atoms with van der Waals surface area (Å²) in [4.78, 5) is 1.20. The minimum Gasteiger partial charge on any atom is -0.457 e. The van der Waals surface area contributed by atoms with E-state index in [2.05, 4.69) is 0 Å². The van der Waals surface area contributed by atoms with E-state index < -0.39 is 6.10 Å². The van der Waals surface area contributed by atoms with Gasteiger partial charge in [-0.1, -0.05) is 18.2 Å². The molecule has 0 saturated heterocycles. The maximum absolute atomic E-state index is 9.68. The molecule has 2 nitrogen and oxygen atoms in total. The lowest BCUT2D eigenvalue weighted by Gasteiger charge is -2.13. The lowest BCUT2D eigenvalue weighted by molar-refractivity contribution is 0.195. The summed E-state index contributed by atoms with van der Waals surface area (Å²) in [5, 5.41) is 9.68. The summed E-state index contributed by atoms with van der Waals surface area (Å²) in [5.41, 5.74) is 0.798. The van der Waals surface area contributed by atoms with Gasteiger partial charge in [0.25, 0.3) is 0 Å². The molecule has 0 radical (unpaired) electrons. The fourth-order valence-electron chi connectivity index (χ4n) is 1.69. The lowest BCUT2D eigenvalue weighted by atomic mass is 10.1. The molecule has 3 heteroatoms. The van der Waals surface area contributed by atoms with Crippen molar-refractivity contribution in [3.8, 4) is 11.5 Å². The zero-order valence-corrected chi connectivity index (χ0v) is 11.3. The highest BCUT2D eigenvalue weighted by molar-refractivity contribution is 7.98. The van der Waals surface area contributed by atoms with Crippen LogP contribution >= 0.6 is 11.8 Å². The molecule has 0 fully saturated rings. The van der Waals surface area contributed by atoms with E-state index in [0.717, 1.165) is 11.3 Å². The fourth-order valence-corrected chi connectivity index (χ4v) is 2.10.